The molecule has 3 N–H and O–H groups in total. The first-order valence-corrected chi connectivity index (χ1v) is 27.5. The monoisotopic (exact) mass is 896 g/mol. The Morgan fingerprint density at radius 1 is 0.484 bits per heavy atom. The quantitative estimate of drug-likeness (QED) is 0.0265. The molecule has 0 amide bonds. The molecule has 0 aliphatic heterocycles. The Morgan fingerprint density at radius 2 is 0.839 bits per heavy atom. The first kappa shape index (κ1) is 60.2. The van der Waals surface area contributed by atoms with E-state index in [2.05, 4.69) is 50.3 Å². The van der Waals surface area contributed by atoms with Gasteiger partial charge in [-0.2, -0.15) is 0 Å². The van der Waals surface area contributed by atoms with Crippen LogP contribution in [0.1, 0.15) is 251 Å². The second-order valence-corrected chi connectivity index (χ2v) is 18.8. The summed E-state index contributed by atoms with van der Waals surface area (Å²) in [5.74, 6) is -0.830. The number of nitrogens with two attached hydrogens (primary N) is 1. The Balaban J connectivity index is 4.02. The fourth-order valence-corrected chi connectivity index (χ4v) is 8.13. The van der Waals surface area contributed by atoms with Crippen LogP contribution in [0.3, 0.4) is 0 Å². The van der Waals surface area contributed by atoms with Gasteiger partial charge in [-0.05, 0) is 70.6 Å². The molecule has 0 aromatic heterocycles. The van der Waals surface area contributed by atoms with Crippen LogP contribution >= 0.6 is 7.82 Å². The van der Waals surface area contributed by atoms with Crippen molar-refractivity contribution < 1.29 is 37.6 Å². The molecule has 0 spiro atoms. The molecule has 2 unspecified atom stereocenters. The summed E-state index contributed by atoms with van der Waals surface area (Å²) in [5, 5.41) is 0. The van der Waals surface area contributed by atoms with Gasteiger partial charge in [0.25, 0.3) is 0 Å². The number of phosphoric ester groups is 1. The first-order chi connectivity index (χ1) is 30.3. The molecule has 0 saturated carbocycles. The normalized spacial score (nSPS) is 13.4. The number of carbonyl (C=O) groups excluding carboxylic acids is 2. The number of phosphoric acid groups is 1. The summed E-state index contributed by atoms with van der Waals surface area (Å²) >= 11 is 0. The van der Waals surface area contributed by atoms with Gasteiger partial charge in [0.05, 0.1) is 13.2 Å². The van der Waals surface area contributed by atoms with Crippen molar-refractivity contribution in [3.63, 3.8) is 0 Å². The zero-order valence-corrected chi connectivity index (χ0v) is 41.3. The number of unbranched alkanes of at least 4 members (excludes halogenated alkanes) is 30. The highest BCUT2D eigenvalue weighted by atomic mass is 31.2. The Morgan fingerprint density at radius 3 is 1.26 bits per heavy atom. The van der Waals surface area contributed by atoms with Gasteiger partial charge in [0.1, 0.15) is 6.61 Å². The number of ether oxygens (including phenoxy) is 2. The second-order valence-electron chi connectivity index (χ2n) is 17.4. The number of allylic oxidation sites excluding steroid dienone is 6. The highest BCUT2D eigenvalue weighted by Gasteiger charge is 2.26. The predicted molar refractivity (Wildman–Crippen MR) is 261 cm³/mol. The minimum absolute atomic E-state index is 0.0522. The average Bonchev–Trinajstić information content (AvgIpc) is 3.26. The van der Waals surface area contributed by atoms with Crippen LogP contribution in [0.25, 0.3) is 0 Å². The molecule has 9 nitrogen and oxygen atoms in total. The minimum atomic E-state index is -4.38. The summed E-state index contributed by atoms with van der Waals surface area (Å²) in [5.41, 5.74) is 5.37. The van der Waals surface area contributed by atoms with Crippen LogP contribution in [0, 0.1) is 0 Å². The zero-order chi connectivity index (χ0) is 45.3. The molecule has 0 aliphatic rings. The first-order valence-electron chi connectivity index (χ1n) is 26.0. The predicted octanol–water partition coefficient (Wildman–Crippen LogP) is 15.7. The van der Waals surface area contributed by atoms with Crippen LogP contribution in [-0.4, -0.2) is 49.3 Å². The lowest BCUT2D eigenvalue weighted by atomic mass is 10.0. The van der Waals surface area contributed by atoms with E-state index in [1.807, 2.05) is 0 Å². The minimum Gasteiger partial charge on any atom is -0.462 e. The van der Waals surface area contributed by atoms with E-state index >= 15 is 0 Å². The van der Waals surface area contributed by atoms with Crippen molar-refractivity contribution in [3.05, 3.63) is 36.5 Å². The maximum Gasteiger partial charge on any atom is 0.472 e. The van der Waals surface area contributed by atoms with Crippen molar-refractivity contribution in [2.45, 2.75) is 258 Å². The molecule has 0 aliphatic carbocycles. The van der Waals surface area contributed by atoms with Gasteiger partial charge in [-0.15, -0.1) is 0 Å². The van der Waals surface area contributed by atoms with Gasteiger partial charge >= 0.3 is 19.8 Å². The van der Waals surface area contributed by atoms with Crippen molar-refractivity contribution in [3.8, 4) is 0 Å². The van der Waals surface area contributed by atoms with E-state index in [1.54, 1.807) is 0 Å². The molecule has 0 aromatic rings. The van der Waals surface area contributed by atoms with Gasteiger partial charge in [0.15, 0.2) is 6.10 Å². The third-order valence-corrected chi connectivity index (χ3v) is 12.2. The fraction of sp³-hybridized carbons (Fsp3) is 0.846. The summed E-state index contributed by atoms with van der Waals surface area (Å²) in [6.45, 7) is 3.74. The third-order valence-electron chi connectivity index (χ3n) is 11.2. The lowest BCUT2D eigenvalue weighted by molar-refractivity contribution is -0.161. The molecule has 0 rings (SSSR count). The number of carbonyl (C=O) groups is 2. The molecular weight excluding hydrogens is 798 g/mol. The highest BCUT2D eigenvalue weighted by Crippen LogP contribution is 2.43. The topological polar surface area (TPSA) is 134 Å². The SMILES string of the molecule is CCCCCC/C=C\C/C=C\CCCCCCCCCC(=O)OC(COC(=O)CCCCCCCCCCCCC/C=C\CCCCCCCCCC)COP(=O)(O)OCCN. The molecule has 364 valence electrons. The van der Waals surface area contributed by atoms with Gasteiger partial charge < -0.3 is 20.1 Å². The van der Waals surface area contributed by atoms with Crippen LogP contribution in [0.4, 0.5) is 0 Å². The van der Waals surface area contributed by atoms with Crippen molar-refractivity contribution in [2.75, 3.05) is 26.4 Å². The summed E-state index contributed by atoms with van der Waals surface area (Å²) in [4.78, 5) is 35.1. The van der Waals surface area contributed by atoms with Crippen LogP contribution < -0.4 is 5.73 Å². The lowest BCUT2D eigenvalue weighted by Crippen LogP contribution is -2.29. The standard InChI is InChI=1S/C52H98NO8P/c1-3-5-7-9-11-13-15-17-19-21-23-24-25-26-27-29-30-32-34-36-38-40-42-44-51(54)58-48-50(49-60-62(56,57)59-47-46-53)61-52(55)45-43-41-39-37-35-33-31-28-22-20-18-16-14-12-10-8-6-4-2/h14,16,20-23,50H,3-13,15,17-19,24-49,53H2,1-2H3,(H,56,57)/b16-14-,22-20-,23-21-. The molecule has 0 heterocycles. The van der Waals surface area contributed by atoms with E-state index in [1.165, 1.54) is 167 Å². The Labute approximate surface area is 382 Å². The zero-order valence-electron chi connectivity index (χ0n) is 40.4. The lowest BCUT2D eigenvalue weighted by Gasteiger charge is -2.19. The smallest absolute Gasteiger partial charge is 0.462 e. The van der Waals surface area contributed by atoms with Crippen molar-refractivity contribution in [1.82, 2.24) is 0 Å². The Hall–Kier alpha value is -1.77. The molecule has 62 heavy (non-hydrogen) atoms. The molecule has 0 radical (unpaired) electrons. The van der Waals surface area contributed by atoms with E-state index < -0.39 is 26.5 Å². The van der Waals surface area contributed by atoms with Crippen LogP contribution in [0.5, 0.6) is 0 Å². The van der Waals surface area contributed by atoms with E-state index in [0.29, 0.717) is 6.42 Å². The Kier molecular flexibility index (Phi) is 47.3. The molecule has 0 fully saturated rings. The maximum atomic E-state index is 12.6. The molecular formula is C52H98NO8P. The van der Waals surface area contributed by atoms with Crippen LogP contribution in [0.2, 0.25) is 0 Å². The number of hydrogen-bond acceptors (Lipinski definition) is 8. The van der Waals surface area contributed by atoms with Gasteiger partial charge in [0.2, 0.25) is 0 Å². The van der Waals surface area contributed by atoms with E-state index in [-0.39, 0.29) is 38.6 Å². The average molecular weight is 896 g/mol. The largest absolute Gasteiger partial charge is 0.472 e. The van der Waals surface area contributed by atoms with Crippen molar-refractivity contribution >= 4 is 19.8 Å². The van der Waals surface area contributed by atoms with Crippen molar-refractivity contribution in [1.29, 1.82) is 0 Å². The third kappa shape index (κ3) is 47.7. The van der Waals surface area contributed by atoms with Gasteiger partial charge in [-0.3, -0.25) is 18.6 Å². The Bertz CT molecular complexity index is 1110. The number of hydrogen-bond donors (Lipinski definition) is 2. The highest BCUT2D eigenvalue weighted by molar-refractivity contribution is 7.47. The molecule has 0 bridgehead atoms. The fourth-order valence-electron chi connectivity index (χ4n) is 7.37. The second kappa shape index (κ2) is 48.7. The molecule has 2 atom stereocenters. The summed E-state index contributed by atoms with van der Waals surface area (Å²) < 4.78 is 32.9. The molecule has 0 aromatic carbocycles. The molecule has 0 saturated heterocycles. The van der Waals surface area contributed by atoms with Gasteiger partial charge in [-0.1, -0.05) is 204 Å². The number of esters is 2. The summed E-state index contributed by atoms with van der Waals surface area (Å²) in [7, 11) is -4.38. The molecule has 10 heteroatoms. The van der Waals surface area contributed by atoms with Crippen molar-refractivity contribution in [2.24, 2.45) is 5.73 Å². The summed E-state index contributed by atoms with van der Waals surface area (Å²) in [6.07, 6.45) is 56.1. The summed E-state index contributed by atoms with van der Waals surface area (Å²) in [6, 6.07) is 0. The van der Waals surface area contributed by atoms with Gasteiger partial charge in [0, 0.05) is 19.4 Å². The van der Waals surface area contributed by atoms with E-state index in [0.717, 1.165) is 51.4 Å². The van der Waals surface area contributed by atoms with Crippen LogP contribution in [-0.2, 0) is 32.7 Å². The maximum absolute atomic E-state index is 12.6. The van der Waals surface area contributed by atoms with E-state index in [9.17, 15) is 19.0 Å². The number of rotatable bonds is 49. The van der Waals surface area contributed by atoms with Crippen LogP contribution in [0.15, 0.2) is 36.5 Å². The van der Waals surface area contributed by atoms with E-state index in [4.69, 9.17) is 24.3 Å². The van der Waals surface area contributed by atoms with Gasteiger partial charge in [-0.25, -0.2) is 4.57 Å².